The van der Waals surface area contributed by atoms with Crippen molar-refractivity contribution in [2.45, 2.75) is 20.0 Å². The first-order valence-corrected chi connectivity index (χ1v) is 11.4. The minimum atomic E-state index is -0.350. The Labute approximate surface area is 195 Å². The fraction of sp³-hybridized carbons (Fsp3) is 0.304. The zero-order chi connectivity index (χ0) is 23.2. The van der Waals surface area contributed by atoms with Crippen LogP contribution in [0.2, 0.25) is 0 Å². The maximum Gasteiger partial charge on any atom is 0.257 e. The number of anilines is 1. The quantitative estimate of drug-likeness (QED) is 0.562. The van der Waals surface area contributed by atoms with E-state index in [2.05, 4.69) is 15.3 Å². The summed E-state index contributed by atoms with van der Waals surface area (Å²) in [5, 5.41) is 5.01. The third kappa shape index (κ3) is 6.05. The number of nitrogens with zero attached hydrogens (tertiary/aromatic N) is 3. The van der Waals surface area contributed by atoms with Crippen molar-refractivity contribution in [2.24, 2.45) is 0 Å². The highest BCUT2D eigenvalue weighted by atomic mass is 32.1. The van der Waals surface area contributed by atoms with Crippen LogP contribution in [0.25, 0.3) is 0 Å². The number of morpholine rings is 1. The minimum Gasteiger partial charge on any atom is -0.475 e. The van der Waals surface area contributed by atoms with Gasteiger partial charge in [-0.1, -0.05) is 0 Å². The van der Waals surface area contributed by atoms with Crippen LogP contribution in [0, 0.1) is 0 Å². The fourth-order valence-corrected chi connectivity index (χ4v) is 3.68. The van der Waals surface area contributed by atoms with E-state index in [1.165, 1.54) is 17.4 Å². The molecule has 33 heavy (non-hydrogen) atoms. The lowest BCUT2D eigenvalue weighted by atomic mass is 10.2. The molecule has 0 bridgehead atoms. The van der Waals surface area contributed by atoms with Crippen molar-refractivity contribution < 1.29 is 23.8 Å². The fourth-order valence-electron chi connectivity index (χ4n) is 3.16. The molecule has 0 spiro atoms. The van der Waals surface area contributed by atoms with E-state index < -0.39 is 0 Å². The van der Waals surface area contributed by atoms with E-state index in [0.29, 0.717) is 48.3 Å². The molecular weight excluding hydrogens is 444 g/mol. The van der Waals surface area contributed by atoms with Gasteiger partial charge in [-0.05, 0) is 38.1 Å². The molecule has 3 aromatic rings. The monoisotopic (exact) mass is 468 g/mol. The molecule has 4 rings (SSSR count). The number of thiazole rings is 1. The molecule has 172 valence electrons. The second kappa shape index (κ2) is 10.4. The lowest BCUT2D eigenvalue weighted by molar-refractivity contribution is 0.0303. The van der Waals surface area contributed by atoms with Gasteiger partial charge in [0.25, 0.3) is 11.8 Å². The molecule has 0 saturated carbocycles. The second-order valence-electron chi connectivity index (χ2n) is 7.52. The van der Waals surface area contributed by atoms with Gasteiger partial charge in [-0.2, -0.15) is 4.98 Å². The normalized spacial score (nSPS) is 13.6. The van der Waals surface area contributed by atoms with Crippen molar-refractivity contribution in [2.75, 3.05) is 31.6 Å². The van der Waals surface area contributed by atoms with E-state index in [1.807, 2.05) is 13.8 Å². The average Bonchev–Trinajstić information content (AvgIpc) is 3.32. The van der Waals surface area contributed by atoms with Gasteiger partial charge in [0.15, 0.2) is 5.13 Å². The first-order valence-electron chi connectivity index (χ1n) is 10.5. The summed E-state index contributed by atoms with van der Waals surface area (Å²) in [5.41, 5.74) is 0.891. The first kappa shape index (κ1) is 22.7. The highest BCUT2D eigenvalue weighted by Gasteiger charge is 2.19. The molecule has 1 aromatic carbocycles. The van der Waals surface area contributed by atoms with Crippen LogP contribution in [0.15, 0.2) is 48.0 Å². The first-order chi connectivity index (χ1) is 16.0. The van der Waals surface area contributed by atoms with Gasteiger partial charge >= 0.3 is 0 Å². The molecule has 0 radical (unpaired) electrons. The molecule has 1 fully saturated rings. The summed E-state index contributed by atoms with van der Waals surface area (Å²) in [7, 11) is 0. The van der Waals surface area contributed by atoms with Gasteiger partial charge < -0.3 is 19.1 Å². The predicted molar refractivity (Wildman–Crippen MR) is 123 cm³/mol. The van der Waals surface area contributed by atoms with E-state index in [9.17, 15) is 9.59 Å². The van der Waals surface area contributed by atoms with Crippen LogP contribution in [0.5, 0.6) is 17.5 Å². The Morgan fingerprint density at radius 1 is 1.09 bits per heavy atom. The summed E-state index contributed by atoms with van der Waals surface area (Å²) in [6.07, 6.45) is 1.48. The van der Waals surface area contributed by atoms with Crippen LogP contribution >= 0.6 is 11.3 Å². The number of rotatable bonds is 7. The molecule has 0 unspecified atom stereocenters. The molecule has 0 aliphatic carbocycles. The number of benzene rings is 1. The average molecular weight is 469 g/mol. The molecule has 10 heteroatoms. The van der Waals surface area contributed by atoms with Gasteiger partial charge in [0, 0.05) is 42.4 Å². The van der Waals surface area contributed by atoms with Crippen LogP contribution < -0.4 is 14.8 Å². The number of pyridine rings is 1. The standard InChI is InChI=1S/C23H24N4O5S/c1-15(2)31-19-13-17(21(28)26-23-24-7-12-33-23)14-20(25-19)32-18-5-3-16(4-6-18)22(29)27-8-10-30-11-9-27/h3-7,12-15H,8-11H2,1-2H3,(H,24,26,28). The summed E-state index contributed by atoms with van der Waals surface area (Å²) in [5.74, 6) is 0.554. The van der Waals surface area contributed by atoms with Crippen molar-refractivity contribution in [3.05, 3.63) is 59.1 Å². The van der Waals surface area contributed by atoms with Crippen LogP contribution in [-0.4, -0.2) is 59.1 Å². The van der Waals surface area contributed by atoms with Gasteiger partial charge in [-0.25, -0.2) is 4.98 Å². The van der Waals surface area contributed by atoms with Gasteiger partial charge in [0.1, 0.15) is 5.75 Å². The number of ether oxygens (including phenoxy) is 3. The Balaban J connectivity index is 1.51. The van der Waals surface area contributed by atoms with E-state index >= 15 is 0 Å². The SMILES string of the molecule is CC(C)Oc1cc(C(=O)Nc2nccs2)cc(Oc2ccc(C(=O)N3CCOCC3)cc2)n1. The number of carbonyl (C=O) groups is 2. The van der Waals surface area contributed by atoms with Gasteiger partial charge in [-0.15, -0.1) is 11.3 Å². The number of aromatic nitrogens is 2. The molecule has 9 nitrogen and oxygen atoms in total. The summed E-state index contributed by atoms with van der Waals surface area (Å²) in [6.45, 7) is 5.99. The van der Waals surface area contributed by atoms with Gasteiger partial charge in [0.2, 0.25) is 11.8 Å². The van der Waals surface area contributed by atoms with Crippen LogP contribution in [-0.2, 0) is 4.74 Å². The third-order valence-corrected chi connectivity index (χ3v) is 5.36. The van der Waals surface area contributed by atoms with Crippen molar-refractivity contribution in [3.8, 4) is 17.5 Å². The lowest BCUT2D eigenvalue weighted by Gasteiger charge is -2.26. The molecular formula is C23H24N4O5S. The van der Waals surface area contributed by atoms with E-state index in [0.717, 1.165) is 0 Å². The van der Waals surface area contributed by atoms with Crippen molar-refractivity contribution in [1.82, 2.24) is 14.9 Å². The number of carbonyl (C=O) groups excluding carboxylic acids is 2. The summed E-state index contributed by atoms with van der Waals surface area (Å²) in [6, 6.07) is 9.89. The zero-order valence-corrected chi connectivity index (χ0v) is 19.1. The number of hydrogen-bond acceptors (Lipinski definition) is 8. The summed E-state index contributed by atoms with van der Waals surface area (Å²) in [4.78, 5) is 35.5. The third-order valence-electron chi connectivity index (χ3n) is 4.67. The van der Waals surface area contributed by atoms with Crippen LogP contribution in [0.1, 0.15) is 34.6 Å². The maximum atomic E-state index is 12.7. The van der Waals surface area contributed by atoms with E-state index in [4.69, 9.17) is 14.2 Å². The van der Waals surface area contributed by atoms with Crippen LogP contribution in [0.3, 0.4) is 0 Å². The summed E-state index contributed by atoms with van der Waals surface area (Å²) < 4.78 is 16.9. The number of hydrogen-bond donors (Lipinski definition) is 1. The number of amides is 2. The van der Waals surface area contributed by atoms with Crippen molar-refractivity contribution >= 4 is 28.3 Å². The Bertz CT molecular complexity index is 1100. The van der Waals surface area contributed by atoms with Crippen LogP contribution in [0.4, 0.5) is 5.13 Å². The maximum absolute atomic E-state index is 12.7. The Kier molecular flexibility index (Phi) is 7.16. The molecule has 2 aromatic heterocycles. The van der Waals surface area contributed by atoms with Gasteiger partial charge in [-0.3, -0.25) is 14.9 Å². The van der Waals surface area contributed by atoms with E-state index in [1.54, 1.807) is 46.8 Å². The highest BCUT2D eigenvalue weighted by molar-refractivity contribution is 7.13. The van der Waals surface area contributed by atoms with E-state index in [-0.39, 0.29) is 29.7 Å². The smallest absolute Gasteiger partial charge is 0.257 e. The van der Waals surface area contributed by atoms with Crippen molar-refractivity contribution in [3.63, 3.8) is 0 Å². The largest absolute Gasteiger partial charge is 0.475 e. The number of nitrogens with one attached hydrogen (secondary N) is 1. The zero-order valence-electron chi connectivity index (χ0n) is 18.3. The van der Waals surface area contributed by atoms with Crippen molar-refractivity contribution in [1.29, 1.82) is 0 Å². The predicted octanol–water partition coefficient (Wildman–Crippen LogP) is 3.84. The molecule has 0 atom stereocenters. The second-order valence-corrected chi connectivity index (χ2v) is 8.42. The minimum absolute atomic E-state index is 0.0450. The molecule has 1 aliphatic heterocycles. The molecule has 3 heterocycles. The topological polar surface area (TPSA) is 103 Å². The van der Waals surface area contributed by atoms with Gasteiger partial charge in [0.05, 0.1) is 24.9 Å². The Morgan fingerprint density at radius 3 is 2.48 bits per heavy atom. The molecule has 1 N–H and O–H groups in total. The molecule has 2 amide bonds. The Morgan fingerprint density at radius 2 is 1.82 bits per heavy atom. The Hall–Kier alpha value is -3.50. The molecule has 1 aliphatic rings. The summed E-state index contributed by atoms with van der Waals surface area (Å²) >= 11 is 1.32. The highest BCUT2D eigenvalue weighted by Crippen LogP contribution is 2.26. The lowest BCUT2D eigenvalue weighted by Crippen LogP contribution is -2.40. The molecule has 1 saturated heterocycles.